The second-order valence-corrected chi connectivity index (χ2v) is 13.6. The molecule has 2 aliphatic rings. The number of fused-ring (bicyclic) bond motifs is 1. The number of benzene rings is 1. The highest BCUT2D eigenvalue weighted by Gasteiger charge is 2.42. The van der Waals surface area contributed by atoms with Crippen LogP contribution in [0.2, 0.25) is 0 Å². The molecule has 254 valence electrons. The zero-order chi connectivity index (χ0) is 34.3. The third kappa shape index (κ3) is 10.1. The van der Waals surface area contributed by atoms with Gasteiger partial charge in [0, 0.05) is 54.0 Å². The number of hydrogen-bond acceptors (Lipinski definition) is 4. The van der Waals surface area contributed by atoms with Crippen molar-refractivity contribution in [1.29, 1.82) is 0 Å². The molecule has 6 nitrogen and oxygen atoms in total. The van der Waals surface area contributed by atoms with Gasteiger partial charge in [0.15, 0.2) is 5.71 Å². The number of allylic oxidation sites excluding steroid dienone is 11. The van der Waals surface area contributed by atoms with Crippen LogP contribution < -0.4 is 16.4 Å². The fourth-order valence-electron chi connectivity index (χ4n) is 6.51. The molecular formula is C41H60N5O+. The lowest BCUT2D eigenvalue weighted by Gasteiger charge is -2.25. The first-order chi connectivity index (χ1) is 22.6. The summed E-state index contributed by atoms with van der Waals surface area (Å²) < 4.78 is 2.29. The Bertz CT molecular complexity index is 1420. The molecule has 47 heavy (non-hydrogen) atoms. The molecule has 0 saturated carbocycles. The van der Waals surface area contributed by atoms with E-state index in [1.54, 1.807) is 0 Å². The summed E-state index contributed by atoms with van der Waals surface area (Å²) >= 11 is 0. The molecule has 4 N–H and O–H groups in total. The first-order valence-electron chi connectivity index (χ1n) is 17.5. The highest BCUT2D eigenvalue weighted by molar-refractivity contribution is 6.03. The van der Waals surface area contributed by atoms with Gasteiger partial charge in [0.2, 0.25) is 11.6 Å². The van der Waals surface area contributed by atoms with Crippen molar-refractivity contribution in [2.24, 2.45) is 11.1 Å². The molecule has 6 heteroatoms. The number of para-hydroxylation sites is 1. The van der Waals surface area contributed by atoms with Crippen LogP contribution in [0.4, 0.5) is 5.69 Å². The number of nitrogens with two attached hydrogens (primary N) is 1. The lowest BCUT2D eigenvalue weighted by atomic mass is 9.81. The molecular weight excluding hydrogens is 578 g/mol. The Kier molecular flexibility index (Phi) is 14.9. The first kappa shape index (κ1) is 37.7. The first-order valence-corrected chi connectivity index (χ1v) is 17.5. The molecule has 0 radical (unpaired) electrons. The van der Waals surface area contributed by atoms with Crippen molar-refractivity contribution in [3.05, 3.63) is 115 Å². The number of amides is 1. The number of nitrogens with zero attached hydrogens (tertiary/aromatic N) is 2. The van der Waals surface area contributed by atoms with Gasteiger partial charge >= 0.3 is 0 Å². The molecule has 0 bridgehead atoms. The lowest BCUT2D eigenvalue weighted by Crippen LogP contribution is -2.26. The Labute approximate surface area is 285 Å². The van der Waals surface area contributed by atoms with E-state index in [2.05, 4.69) is 141 Å². The van der Waals surface area contributed by atoms with Gasteiger partial charge in [-0.25, -0.2) is 0 Å². The molecule has 1 aromatic carbocycles. The van der Waals surface area contributed by atoms with Gasteiger partial charge in [-0.3, -0.25) is 4.79 Å². The summed E-state index contributed by atoms with van der Waals surface area (Å²) in [5.41, 5.74) is 12.7. The van der Waals surface area contributed by atoms with Gasteiger partial charge in [-0.2, -0.15) is 4.58 Å². The van der Waals surface area contributed by atoms with Gasteiger partial charge in [-0.15, -0.1) is 0 Å². The largest absolute Gasteiger partial charge is 0.356 e. The molecule has 0 aromatic heterocycles. The van der Waals surface area contributed by atoms with Crippen molar-refractivity contribution in [3.63, 3.8) is 0 Å². The quantitative estimate of drug-likeness (QED) is 0.0829. The Morgan fingerprint density at radius 1 is 0.894 bits per heavy atom. The van der Waals surface area contributed by atoms with Gasteiger partial charge < -0.3 is 21.3 Å². The minimum absolute atomic E-state index is 0.0266. The predicted molar refractivity (Wildman–Crippen MR) is 201 cm³/mol. The van der Waals surface area contributed by atoms with Gasteiger partial charge in [-0.1, -0.05) is 88.1 Å². The molecule has 0 unspecified atom stereocenters. The number of unbranched alkanes of at least 4 members (excludes halogenated alkanes) is 3. The monoisotopic (exact) mass is 638 g/mol. The molecule has 2 heterocycles. The normalized spacial score (nSPS) is 18.9. The molecule has 0 spiro atoms. The zero-order valence-electron chi connectivity index (χ0n) is 29.8. The third-order valence-corrected chi connectivity index (χ3v) is 9.40. The lowest BCUT2D eigenvalue weighted by molar-refractivity contribution is -0.401. The minimum atomic E-state index is -0.188. The van der Waals surface area contributed by atoms with Crippen LogP contribution in [0, 0.1) is 5.41 Å². The number of carbonyl (C=O) groups excluding carboxylic acids is 1. The van der Waals surface area contributed by atoms with Crippen LogP contribution in [0.15, 0.2) is 109 Å². The average molecular weight is 639 g/mol. The summed E-state index contributed by atoms with van der Waals surface area (Å²) in [6.07, 6.45) is 25.4. The van der Waals surface area contributed by atoms with Crippen molar-refractivity contribution in [3.8, 4) is 0 Å². The Morgan fingerprint density at radius 3 is 2.34 bits per heavy atom. The van der Waals surface area contributed by atoms with Gasteiger partial charge in [0.25, 0.3) is 0 Å². The molecule has 1 saturated heterocycles. The summed E-state index contributed by atoms with van der Waals surface area (Å²) in [5, 5.41) is 6.45. The molecule has 1 amide bonds. The number of nitrogens with one attached hydrogen (secondary N) is 2. The highest BCUT2D eigenvalue weighted by Crippen LogP contribution is 2.49. The second-order valence-electron chi connectivity index (χ2n) is 13.6. The minimum Gasteiger partial charge on any atom is -0.356 e. The van der Waals surface area contributed by atoms with E-state index >= 15 is 0 Å². The van der Waals surface area contributed by atoms with E-state index < -0.39 is 0 Å². The van der Waals surface area contributed by atoms with Crippen molar-refractivity contribution in [2.45, 2.75) is 78.1 Å². The van der Waals surface area contributed by atoms with Gasteiger partial charge in [0.1, 0.15) is 7.05 Å². The fourth-order valence-corrected chi connectivity index (χ4v) is 6.51. The molecule has 1 fully saturated rings. The number of hydrogen-bond donors (Lipinski definition) is 3. The highest BCUT2D eigenvalue weighted by atomic mass is 16.1. The second kappa shape index (κ2) is 18.6. The van der Waals surface area contributed by atoms with Crippen LogP contribution >= 0.6 is 0 Å². The molecule has 0 aliphatic carbocycles. The summed E-state index contributed by atoms with van der Waals surface area (Å²) in [6.45, 7) is 21.7. The molecule has 1 aromatic rings. The maximum absolute atomic E-state index is 12.3. The standard InChI is InChI=1S/C41H59N5O/c1-8-22-35-33(2)40(3,4)38(46(35)32-20-12-15-27-39(47)44-31-19-18-29-43-30-21-28-42)26-14-11-9-10-13-25-37-41(5,6)34-23-16-17-24-36(34)45(37)7/h8-11,13-14,16-17,22-26,43H,1-2,12,15,18-21,27-32,42H2,3-7H3/p+1. The maximum atomic E-state index is 12.3. The van der Waals surface area contributed by atoms with Crippen LogP contribution in [-0.4, -0.2) is 60.9 Å². The van der Waals surface area contributed by atoms with E-state index in [4.69, 9.17) is 5.73 Å². The topological polar surface area (TPSA) is 73.4 Å². The number of likely N-dealkylation sites (tertiary alicyclic amines) is 1. The van der Waals surface area contributed by atoms with E-state index in [-0.39, 0.29) is 16.7 Å². The SMILES string of the molecule is C=CC=C1C(=C)C(C)(C)C(=CC=CC=CC=CC2=[N+](C)c3ccccc3C2(C)C)N1CCCCCC(=O)NCCCCNCCCN. The van der Waals surface area contributed by atoms with Crippen LogP contribution in [0.5, 0.6) is 0 Å². The number of carbonyl (C=O) groups is 1. The summed E-state index contributed by atoms with van der Waals surface area (Å²) in [7, 11) is 2.15. The van der Waals surface area contributed by atoms with E-state index in [0.717, 1.165) is 82.5 Å². The van der Waals surface area contributed by atoms with Gasteiger partial charge in [-0.05, 0) is 83.3 Å². The Balaban J connectivity index is 1.51. The average Bonchev–Trinajstić information content (AvgIpc) is 3.35. The van der Waals surface area contributed by atoms with Crippen LogP contribution in [0.25, 0.3) is 0 Å². The van der Waals surface area contributed by atoms with Crippen molar-refractivity contribution in [1.82, 2.24) is 15.5 Å². The Hall–Kier alpha value is -3.74. The van der Waals surface area contributed by atoms with E-state index in [1.165, 1.54) is 22.7 Å². The zero-order valence-corrected chi connectivity index (χ0v) is 29.8. The van der Waals surface area contributed by atoms with E-state index in [1.807, 2.05) is 6.08 Å². The third-order valence-electron chi connectivity index (χ3n) is 9.40. The van der Waals surface area contributed by atoms with Crippen molar-refractivity contribution >= 4 is 17.3 Å². The van der Waals surface area contributed by atoms with E-state index in [0.29, 0.717) is 6.42 Å². The smallest absolute Gasteiger partial charge is 0.219 e. The molecule has 2 aliphatic heterocycles. The van der Waals surface area contributed by atoms with E-state index in [9.17, 15) is 4.79 Å². The van der Waals surface area contributed by atoms with Crippen molar-refractivity contribution < 1.29 is 9.37 Å². The predicted octanol–water partition coefficient (Wildman–Crippen LogP) is 7.61. The van der Waals surface area contributed by atoms with Crippen LogP contribution in [0.3, 0.4) is 0 Å². The van der Waals surface area contributed by atoms with Crippen molar-refractivity contribution in [2.75, 3.05) is 39.8 Å². The fraction of sp³-hybridized carbons (Fsp3) is 0.463. The van der Waals surface area contributed by atoms with Crippen LogP contribution in [-0.2, 0) is 10.2 Å². The van der Waals surface area contributed by atoms with Crippen LogP contribution in [0.1, 0.15) is 78.2 Å². The Morgan fingerprint density at radius 2 is 1.60 bits per heavy atom. The summed E-state index contributed by atoms with van der Waals surface area (Å²) in [4.78, 5) is 14.7. The molecule has 3 rings (SSSR count). The number of rotatable bonds is 19. The summed E-state index contributed by atoms with van der Waals surface area (Å²) in [5.74, 6) is 0.153. The maximum Gasteiger partial charge on any atom is 0.219 e. The summed E-state index contributed by atoms with van der Waals surface area (Å²) in [6, 6.07) is 8.64. The molecule has 0 atom stereocenters. The van der Waals surface area contributed by atoms with Gasteiger partial charge in [0.05, 0.1) is 5.41 Å².